The second-order valence-electron chi connectivity index (χ2n) is 9.69. The van der Waals surface area contributed by atoms with Crippen LogP contribution in [0.1, 0.15) is 46.4 Å². The van der Waals surface area contributed by atoms with Crippen LogP contribution in [0.2, 0.25) is 0 Å². The van der Waals surface area contributed by atoms with Crippen LogP contribution in [0.25, 0.3) is 10.9 Å². The van der Waals surface area contributed by atoms with Crippen molar-refractivity contribution in [2.45, 2.75) is 31.7 Å². The zero-order chi connectivity index (χ0) is 25.2. The molecule has 3 amide bonds. The molecular weight excluding hydrogens is 456 g/mol. The second kappa shape index (κ2) is 9.93. The van der Waals surface area contributed by atoms with Crippen LogP contribution in [0.15, 0.2) is 48.5 Å². The van der Waals surface area contributed by atoms with Gasteiger partial charge in [0.05, 0.1) is 16.6 Å². The van der Waals surface area contributed by atoms with Gasteiger partial charge in [0.25, 0.3) is 11.8 Å². The summed E-state index contributed by atoms with van der Waals surface area (Å²) in [7, 11) is 3.96. The predicted molar refractivity (Wildman–Crippen MR) is 138 cm³/mol. The monoisotopic (exact) mass is 486 g/mol. The molecular formula is C27H30N6O3. The van der Waals surface area contributed by atoms with E-state index in [-0.39, 0.29) is 18.5 Å². The van der Waals surface area contributed by atoms with Crippen LogP contribution in [0.4, 0.5) is 11.8 Å². The van der Waals surface area contributed by atoms with E-state index in [1.807, 2.05) is 43.3 Å². The zero-order valence-electron chi connectivity index (χ0n) is 20.5. The first-order valence-corrected chi connectivity index (χ1v) is 12.3. The van der Waals surface area contributed by atoms with E-state index >= 15 is 0 Å². The van der Waals surface area contributed by atoms with Crippen LogP contribution in [0.3, 0.4) is 0 Å². The molecule has 2 aromatic carbocycles. The molecule has 1 saturated carbocycles. The third-order valence-corrected chi connectivity index (χ3v) is 6.95. The van der Waals surface area contributed by atoms with Crippen molar-refractivity contribution in [1.82, 2.24) is 20.2 Å². The Morgan fingerprint density at radius 1 is 0.944 bits per heavy atom. The molecule has 1 aliphatic heterocycles. The minimum absolute atomic E-state index is 0.253. The van der Waals surface area contributed by atoms with Crippen molar-refractivity contribution in [3.63, 3.8) is 0 Å². The fraction of sp³-hybridized carbons (Fsp3) is 0.370. The minimum Gasteiger partial charge on any atom is -0.362 e. The van der Waals surface area contributed by atoms with Crippen LogP contribution < -0.4 is 15.5 Å². The number of carbonyl (C=O) groups excluding carboxylic acids is 3. The van der Waals surface area contributed by atoms with Crippen molar-refractivity contribution >= 4 is 40.4 Å². The molecule has 1 fully saturated rings. The second-order valence-corrected chi connectivity index (χ2v) is 9.69. The minimum atomic E-state index is -0.411. The smallest absolute Gasteiger partial charge is 0.262 e. The number of hydrogen-bond donors (Lipinski definition) is 2. The van der Waals surface area contributed by atoms with Gasteiger partial charge in [-0.2, -0.15) is 4.98 Å². The molecule has 9 heteroatoms. The number of aromatic nitrogens is 2. The van der Waals surface area contributed by atoms with E-state index in [0.717, 1.165) is 47.3 Å². The average molecular weight is 487 g/mol. The molecule has 3 aromatic rings. The van der Waals surface area contributed by atoms with Crippen LogP contribution in [-0.4, -0.2) is 65.8 Å². The molecule has 5 rings (SSSR count). The molecule has 186 valence electrons. The van der Waals surface area contributed by atoms with Gasteiger partial charge in [-0.3, -0.25) is 19.3 Å². The van der Waals surface area contributed by atoms with Gasteiger partial charge in [0.1, 0.15) is 12.4 Å². The summed E-state index contributed by atoms with van der Waals surface area (Å²) in [5.74, 6) is 0.735. The Kier molecular flexibility index (Phi) is 6.54. The quantitative estimate of drug-likeness (QED) is 0.494. The Morgan fingerprint density at radius 2 is 1.58 bits per heavy atom. The molecule has 2 N–H and O–H groups in total. The number of anilines is 2. The van der Waals surface area contributed by atoms with Gasteiger partial charge in [0.2, 0.25) is 11.9 Å². The van der Waals surface area contributed by atoms with Crippen molar-refractivity contribution in [3.05, 3.63) is 59.7 Å². The Hall–Kier alpha value is -4.01. The van der Waals surface area contributed by atoms with E-state index in [9.17, 15) is 14.4 Å². The molecule has 1 aliphatic carbocycles. The first kappa shape index (κ1) is 23.7. The third-order valence-electron chi connectivity index (χ3n) is 6.95. The lowest BCUT2D eigenvalue weighted by Gasteiger charge is -2.29. The van der Waals surface area contributed by atoms with Gasteiger partial charge in [0.15, 0.2) is 0 Å². The number of nitrogens with zero attached hydrogens (tertiary/aromatic N) is 4. The molecule has 0 saturated heterocycles. The summed E-state index contributed by atoms with van der Waals surface area (Å²) in [4.78, 5) is 49.9. The summed E-state index contributed by atoms with van der Waals surface area (Å²) in [6.07, 6.45) is 3.82. The highest BCUT2D eigenvalue weighted by Gasteiger charge is 2.36. The number of fused-ring (bicyclic) bond motifs is 2. The molecule has 0 radical (unpaired) electrons. The first-order valence-electron chi connectivity index (χ1n) is 12.3. The van der Waals surface area contributed by atoms with Crippen molar-refractivity contribution in [2.75, 3.05) is 37.4 Å². The van der Waals surface area contributed by atoms with Crippen molar-refractivity contribution in [2.24, 2.45) is 5.92 Å². The summed E-state index contributed by atoms with van der Waals surface area (Å²) >= 11 is 0. The van der Waals surface area contributed by atoms with Crippen LogP contribution in [-0.2, 0) is 4.79 Å². The summed E-state index contributed by atoms with van der Waals surface area (Å²) in [6, 6.07) is 14.9. The van der Waals surface area contributed by atoms with Gasteiger partial charge >= 0.3 is 0 Å². The van der Waals surface area contributed by atoms with Crippen LogP contribution in [0, 0.1) is 5.92 Å². The fourth-order valence-corrected chi connectivity index (χ4v) is 5.00. The number of carbonyl (C=O) groups is 3. The Balaban J connectivity index is 1.11. The molecule has 0 unspecified atom stereocenters. The number of rotatable bonds is 7. The maximum atomic E-state index is 12.5. The van der Waals surface area contributed by atoms with E-state index in [1.165, 1.54) is 0 Å². The summed E-state index contributed by atoms with van der Waals surface area (Å²) in [5.41, 5.74) is 1.62. The number of benzene rings is 2. The standard InChI is InChI=1S/C27H30N6O3/c1-32(2)24-21-9-5-6-10-22(21)30-27(31-24)29-18-13-11-17(12-14-18)15-28-23(34)16-33-25(35)19-7-3-4-8-20(19)26(33)36/h3-10,17-18H,11-16H2,1-2H3,(H,28,34)(H,29,30,31)/t17-,18+. The SMILES string of the molecule is CN(C)c1nc(N[C@H]2CC[C@@H](CNC(=O)CN3C(=O)c4ccccc4C3=O)CC2)nc2ccccc12. The fourth-order valence-electron chi connectivity index (χ4n) is 5.00. The third kappa shape index (κ3) is 4.73. The van der Waals surface area contributed by atoms with E-state index in [1.54, 1.807) is 24.3 Å². The van der Waals surface area contributed by atoms with Gasteiger partial charge in [-0.15, -0.1) is 0 Å². The van der Waals surface area contributed by atoms with E-state index in [0.29, 0.717) is 29.5 Å². The lowest BCUT2D eigenvalue weighted by molar-refractivity contribution is -0.121. The molecule has 1 aromatic heterocycles. The maximum absolute atomic E-state index is 12.5. The summed E-state index contributed by atoms with van der Waals surface area (Å²) in [5, 5.41) is 7.44. The van der Waals surface area contributed by atoms with Gasteiger partial charge < -0.3 is 15.5 Å². The molecule has 9 nitrogen and oxygen atoms in total. The van der Waals surface area contributed by atoms with E-state index in [4.69, 9.17) is 9.97 Å². The summed E-state index contributed by atoms with van der Waals surface area (Å²) < 4.78 is 0. The lowest BCUT2D eigenvalue weighted by atomic mass is 9.86. The zero-order valence-corrected chi connectivity index (χ0v) is 20.5. The average Bonchev–Trinajstić information content (AvgIpc) is 3.12. The highest BCUT2D eigenvalue weighted by atomic mass is 16.2. The highest BCUT2D eigenvalue weighted by molar-refractivity contribution is 6.22. The number of para-hydroxylation sites is 1. The first-order chi connectivity index (χ1) is 17.4. The molecule has 36 heavy (non-hydrogen) atoms. The van der Waals surface area contributed by atoms with Crippen LogP contribution in [0.5, 0.6) is 0 Å². The molecule has 2 aliphatic rings. The van der Waals surface area contributed by atoms with E-state index < -0.39 is 11.8 Å². The Bertz CT molecular complexity index is 1280. The molecule has 2 heterocycles. The molecule has 0 bridgehead atoms. The van der Waals surface area contributed by atoms with E-state index in [2.05, 4.69) is 10.6 Å². The maximum Gasteiger partial charge on any atom is 0.262 e. The normalized spacial score (nSPS) is 19.3. The molecule has 0 atom stereocenters. The van der Waals surface area contributed by atoms with Crippen molar-refractivity contribution < 1.29 is 14.4 Å². The Labute approximate surface area is 209 Å². The lowest BCUT2D eigenvalue weighted by Crippen LogP contribution is -2.42. The number of amides is 3. The highest BCUT2D eigenvalue weighted by Crippen LogP contribution is 2.28. The largest absolute Gasteiger partial charge is 0.362 e. The molecule has 0 spiro atoms. The predicted octanol–water partition coefficient (Wildman–Crippen LogP) is 3.08. The van der Waals surface area contributed by atoms with Crippen molar-refractivity contribution in [1.29, 1.82) is 0 Å². The van der Waals surface area contributed by atoms with Gasteiger partial charge in [-0.1, -0.05) is 24.3 Å². The van der Waals surface area contributed by atoms with Gasteiger partial charge in [-0.25, -0.2) is 4.98 Å². The van der Waals surface area contributed by atoms with Gasteiger partial charge in [0, 0.05) is 32.1 Å². The van der Waals surface area contributed by atoms with Crippen LogP contribution >= 0.6 is 0 Å². The topological polar surface area (TPSA) is 108 Å². The number of imide groups is 1. The van der Waals surface area contributed by atoms with Crippen molar-refractivity contribution in [3.8, 4) is 0 Å². The summed E-state index contributed by atoms with van der Waals surface area (Å²) in [6.45, 7) is 0.280. The number of nitrogens with one attached hydrogen (secondary N) is 2. The Morgan fingerprint density at radius 3 is 2.25 bits per heavy atom. The van der Waals surface area contributed by atoms with Gasteiger partial charge in [-0.05, 0) is 55.9 Å². The number of hydrogen-bond acceptors (Lipinski definition) is 7.